The average molecular weight is 306 g/mol. The fraction of sp³-hybridized carbons (Fsp3) is 0.200. The summed E-state index contributed by atoms with van der Waals surface area (Å²) < 4.78 is 5.09. The van der Waals surface area contributed by atoms with Crippen LogP contribution in [0, 0.1) is 0 Å². The van der Waals surface area contributed by atoms with Crippen LogP contribution in [0.2, 0.25) is 5.15 Å². The van der Waals surface area contributed by atoms with Crippen LogP contribution in [0.25, 0.3) is 0 Å². The van der Waals surface area contributed by atoms with E-state index in [2.05, 4.69) is 10.3 Å². The molecule has 3 N–H and O–H groups in total. The minimum absolute atomic E-state index is 0.204. The molecule has 0 atom stereocenters. The largest absolute Gasteiger partial charge is 0.497 e. The summed E-state index contributed by atoms with van der Waals surface area (Å²) in [6.07, 6.45) is 0.726. The van der Waals surface area contributed by atoms with Crippen molar-refractivity contribution >= 4 is 23.3 Å². The summed E-state index contributed by atoms with van der Waals surface area (Å²) in [7, 11) is 1.63. The first-order chi connectivity index (χ1) is 10.1. The van der Waals surface area contributed by atoms with E-state index in [1.165, 1.54) is 12.1 Å². The van der Waals surface area contributed by atoms with Crippen molar-refractivity contribution in [1.82, 2.24) is 10.3 Å². The highest BCUT2D eigenvalue weighted by atomic mass is 35.5. The molecule has 0 radical (unpaired) electrons. The van der Waals surface area contributed by atoms with Crippen LogP contribution in [0.15, 0.2) is 36.4 Å². The van der Waals surface area contributed by atoms with Crippen molar-refractivity contribution in [2.75, 3.05) is 19.4 Å². The molecule has 6 heteroatoms. The average Bonchev–Trinajstić information content (AvgIpc) is 2.47. The Hall–Kier alpha value is -2.27. The number of amides is 1. The molecule has 2 aromatic rings. The number of halogens is 1. The molecule has 0 bridgehead atoms. The van der Waals surface area contributed by atoms with Gasteiger partial charge < -0.3 is 15.8 Å². The van der Waals surface area contributed by atoms with Gasteiger partial charge in [0.2, 0.25) is 0 Å². The second-order valence-electron chi connectivity index (χ2n) is 4.46. The lowest BCUT2D eigenvalue weighted by molar-refractivity contribution is 0.0954. The summed E-state index contributed by atoms with van der Waals surface area (Å²) in [6.45, 7) is 0.519. The molecule has 0 aliphatic rings. The third-order valence-electron chi connectivity index (χ3n) is 2.93. The maximum Gasteiger partial charge on any atom is 0.251 e. The Balaban J connectivity index is 1.88. The molecule has 1 heterocycles. The Bertz CT molecular complexity index is 609. The van der Waals surface area contributed by atoms with Crippen LogP contribution in [-0.4, -0.2) is 24.5 Å². The molecule has 1 amide bonds. The Morgan fingerprint density at radius 3 is 2.67 bits per heavy atom. The molecule has 0 aliphatic heterocycles. The lowest BCUT2D eigenvalue weighted by atomic mass is 10.1. The summed E-state index contributed by atoms with van der Waals surface area (Å²) in [5, 5.41) is 3.02. The van der Waals surface area contributed by atoms with Gasteiger partial charge in [-0.05, 0) is 36.2 Å². The Kier molecular flexibility index (Phi) is 5.00. The second kappa shape index (κ2) is 6.95. The van der Waals surface area contributed by atoms with Crippen LogP contribution in [0.4, 0.5) is 5.82 Å². The summed E-state index contributed by atoms with van der Waals surface area (Å²) in [4.78, 5) is 15.8. The first-order valence-corrected chi connectivity index (χ1v) is 6.80. The lowest BCUT2D eigenvalue weighted by Gasteiger charge is -2.07. The molecule has 0 aliphatic carbocycles. The van der Waals surface area contributed by atoms with Crippen molar-refractivity contribution in [2.24, 2.45) is 0 Å². The molecule has 21 heavy (non-hydrogen) atoms. The van der Waals surface area contributed by atoms with Crippen LogP contribution < -0.4 is 15.8 Å². The van der Waals surface area contributed by atoms with Gasteiger partial charge in [0.05, 0.1) is 7.11 Å². The fourth-order valence-corrected chi connectivity index (χ4v) is 2.08. The molecular weight excluding hydrogens is 290 g/mol. The van der Waals surface area contributed by atoms with E-state index >= 15 is 0 Å². The number of hydrogen-bond donors (Lipinski definition) is 2. The number of hydrogen-bond acceptors (Lipinski definition) is 4. The quantitative estimate of drug-likeness (QED) is 0.831. The molecule has 0 saturated carbocycles. The molecule has 110 valence electrons. The highest BCUT2D eigenvalue weighted by Crippen LogP contribution is 2.13. The topological polar surface area (TPSA) is 77.2 Å². The maximum atomic E-state index is 12.0. The van der Waals surface area contributed by atoms with Gasteiger partial charge in [-0.3, -0.25) is 4.79 Å². The third-order valence-corrected chi connectivity index (χ3v) is 3.13. The Morgan fingerprint density at radius 2 is 2.05 bits per heavy atom. The zero-order valence-electron chi connectivity index (χ0n) is 11.6. The standard InChI is InChI=1S/C15H16ClN3O2/c1-21-12-4-2-10(3-5-12)6-7-18-15(20)11-8-13(16)19-14(17)9-11/h2-5,8-9H,6-7H2,1H3,(H2,17,19)(H,18,20). The summed E-state index contributed by atoms with van der Waals surface area (Å²) >= 11 is 5.77. The third kappa shape index (κ3) is 4.36. The number of nitrogens with two attached hydrogens (primary N) is 1. The van der Waals surface area contributed by atoms with Gasteiger partial charge >= 0.3 is 0 Å². The number of methoxy groups -OCH3 is 1. The number of anilines is 1. The summed E-state index contributed by atoms with van der Waals surface area (Å²) in [5.74, 6) is 0.812. The van der Waals surface area contributed by atoms with E-state index in [0.717, 1.165) is 17.7 Å². The first kappa shape index (κ1) is 15.1. The van der Waals surface area contributed by atoms with E-state index in [1.807, 2.05) is 24.3 Å². The van der Waals surface area contributed by atoms with E-state index in [4.69, 9.17) is 22.1 Å². The molecule has 0 saturated heterocycles. The van der Waals surface area contributed by atoms with E-state index in [9.17, 15) is 4.79 Å². The van der Waals surface area contributed by atoms with Crippen LogP contribution >= 0.6 is 11.6 Å². The molecule has 1 aromatic carbocycles. The number of nitrogen functional groups attached to an aromatic ring is 1. The molecule has 0 spiro atoms. The second-order valence-corrected chi connectivity index (χ2v) is 4.84. The number of nitrogens with zero attached hydrogens (tertiary/aromatic N) is 1. The summed E-state index contributed by atoms with van der Waals surface area (Å²) in [6, 6.07) is 10.7. The fourth-order valence-electron chi connectivity index (χ4n) is 1.86. The van der Waals surface area contributed by atoms with E-state index in [0.29, 0.717) is 12.1 Å². The van der Waals surface area contributed by atoms with Crippen molar-refractivity contribution < 1.29 is 9.53 Å². The SMILES string of the molecule is COc1ccc(CCNC(=O)c2cc(N)nc(Cl)c2)cc1. The van der Waals surface area contributed by atoms with Gasteiger partial charge in [0.1, 0.15) is 16.7 Å². The van der Waals surface area contributed by atoms with E-state index < -0.39 is 0 Å². The minimum Gasteiger partial charge on any atom is -0.497 e. The normalized spacial score (nSPS) is 10.2. The number of benzene rings is 1. The minimum atomic E-state index is -0.223. The Labute approximate surface area is 128 Å². The molecule has 5 nitrogen and oxygen atoms in total. The monoisotopic (exact) mass is 305 g/mol. The predicted octanol–water partition coefficient (Wildman–Crippen LogP) is 2.30. The Morgan fingerprint density at radius 1 is 1.33 bits per heavy atom. The van der Waals surface area contributed by atoms with Crippen LogP contribution in [0.5, 0.6) is 5.75 Å². The lowest BCUT2D eigenvalue weighted by Crippen LogP contribution is -2.25. The number of rotatable bonds is 5. The zero-order chi connectivity index (χ0) is 15.2. The van der Waals surface area contributed by atoms with Gasteiger partial charge in [-0.2, -0.15) is 0 Å². The smallest absolute Gasteiger partial charge is 0.251 e. The van der Waals surface area contributed by atoms with Gasteiger partial charge in [-0.25, -0.2) is 4.98 Å². The van der Waals surface area contributed by atoms with E-state index in [-0.39, 0.29) is 16.9 Å². The van der Waals surface area contributed by atoms with Crippen molar-refractivity contribution in [3.05, 3.63) is 52.7 Å². The van der Waals surface area contributed by atoms with Crippen molar-refractivity contribution in [3.8, 4) is 5.75 Å². The van der Waals surface area contributed by atoms with Crippen LogP contribution in [0.3, 0.4) is 0 Å². The number of pyridine rings is 1. The number of carbonyl (C=O) groups excluding carboxylic acids is 1. The number of nitrogens with one attached hydrogen (secondary N) is 1. The van der Waals surface area contributed by atoms with Crippen molar-refractivity contribution in [1.29, 1.82) is 0 Å². The number of carbonyl (C=O) groups is 1. The molecule has 2 rings (SSSR count). The molecule has 0 unspecified atom stereocenters. The van der Waals surface area contributed by atoms with Gasteiger partial charge in [0.15, 0.2) is 0 Å². The highest BCUT2D eigenvalue weighted by Gasteiger charge is 2.07. The van der Waals surface area contributed by atoms with Crippen LogP contribution in [0.1, 0.15) is 15.9 Å². The highest BCUT2D eigenvalue weighted by molar-refractivity contribution is 6.29. The number of ether oxygens (including phenoxy) is 1. The molecular formula is C15H16ClN3O2. The van der Waals surface area contributed by atoms with Crippen molar-refractivity contribution in [2.45, 2.75) is 6.42 Å². The molecule has 1 aromatic heterocycles. The van der Waals surface area contributed by atoms with Gasteiger partial charge in [-0.15, -0.1) is 0 Å². The van der Waals surface area contributed by atoms with Crippen LogP contribution in [-0.2, 0) is 6.42 Å². The van der Waals surface area contributed by atoms with Gasteiger partial charge in [0, 0.05) is 12.1 Å². The van der Waals surface area contributed by atoms with Gasteiger partial charge in [0.25, 0.3) is 5.91 Å². The summed E-state index contributed by atoms with van der Waals surface area (Å²) in [5.41, 5.74) is 7.08. The van der Waals surface area contributed by atoms with Gasteiger partial charge in [-0.1, -0.05) is 23.7 Å². The predicted molar refractivity (Wildman–Crippen MR) is 82.7 cm³/mol. The maximum absolute atomic E-state index is 12.0. The van der Waals surface area contributed by atoms with Crippen molar-refractivity contribution in [3.63, 3.8) is 0 Å². The first-order valence-electron chi connectivity index (χ1n) is 6.42. The number of aromatic nitrogens is 1. The van der Waals surface area contributed by atoms with E-state index in [1.54, 1.807) is 7.11 Å². The molecule has 0 fully saturated rings. The zero-order valence-corrected chi connectivity index (χ0v) is 12.4.